The molecule has 6 heteroatoms. The molecule has 0 fully saturated rings. The first-order chi connectivity index (χ1) is 12.0. The molecule has 0 spiro atoms. The van der Waals surface area contributed by atoms with Gasteiger partial charge in [-0.3, -0.25) is 9.59 Å². The third-order valence-corrected chi connectivity index (χ3v) is 5.62. The van der Waals surface area contributed by atoms with Gasteiger partial charge in [-0.15, -0.1) is 11.3 Å². The van der Waals surface area contributed by atoms with Gasteiger partial charge in [-0.1, -0.05) is 30.2 Å². The molecule has 0 aliphatic heterocycles. The SMILES string of the molecule is NC(=O)c1c(NC(=O)/C=C/c2cccc(Cl)c2)sc2c1CCCCC2. The Balaban J connectivity index is 1.80. The molecular weight excluding hydrogens is 356 g/mol. The van der Waals surface area contributed by atoms with Crippen LogP contribution in [0.15, 0.2) is 30.3 Å². The van der Waals surface area contributed by atoms with E-state index >= 15 is 0 Å². The normalized spacial score (nSPS) is 14.1. The second kappa shape index (κ2) is 7.85. The fraction of sp³-hybridized carbons (Fsp3) is 0.263. The molecule has 0 atom stereocenters. The Bertz CT molecular complexity index is 842. The standard InChI is InChI=1S/C19H19ClN2O2S/c20-13-6-4-5-12(11-13)9-10-16(23)22-19-17(18(21)24)14-7-2-1-3-8-15(14)25-19/h4-6,9-11H,1-3,7-8H2,(H2,21,24)(H,22,23)/b10-9+. The van der Waals surface area contributed by atoms with Crippen molar-refractivity contribution < 1.29 is 9.59 Å². The van der Waals surface area contributed by atoms with E-state index in [2.05, 4.69) is 5.32 Å². The Labute approximate surface area is 155 Å². The van der Waals surface area contributed by atoms with E-state index in [4.69, 9.17) is 17.3 Å². The predicted octanol–water partition coefficient (Wildman–Crippen LogP) is 4.42. The molecule has 0 saturated heterocycles. The molecule has 2 aromatic rings. The van der Waals surface area contributed by atoms with Gasteiger partial charge in [0.05, 0.1) is 5.56 Å². The molecule has 2 amide bonds. The lowest BCUT2D eigenvalue weighted by Gasteiger charge is -2.04. The number of primary amides is 1. The Morgan fingerprint density at radius 3 is 2.76 bits per heavy atom. The molecule has 4 nitrogen and oxygen atoms in total. The number of thiophene rings is 1. The van der Waals surface area contributed by atoms with Crippen molar-refractivity contribution in [2.24, 2.45) is 5.73 Å². The maximum absolute atomic E-state index is 12.2. The number of fused-ring (bicyclic) bond motifs is 1. The Hall–Kier alpha value is -2.11. The van der Waals surface area contributed by atoms with E-state index in [0.717, 1.165) is 43.2 Å². The van der Waals surface area contributed by atoms with Crippen LogP contribution < -0.4 is 11.1 Å². The molecule has 3 rings (SSSR count). The van der Waals surface area contributed by atoms with Gasteiger partial charge < -0.3 is 11.1 Å². The van der Waals surface area contributed by atoms with Crippen molar-refractivity contribution in [3.05, 3.63) is 56.9 Å². The van der Waals surface area contributed by atoms with E-state index in [1.807, 2.05) is 12.1 Å². The highest BCUT2D eigenvalue weighted by Crippen LogP contribution is 2.37. The monoisotopic (exact) mass is 374 g/mol. The predicted molar refractivity (Wildman–Crippen MR) is 103 cm³/mol. The lowest BCUT2D eigenvalue weighted by atomic mass is 10.1. The lowest BCUT2D eigenvalue weighted by molar-refractivity contribution is -0.111. The van der Waals surface area contributed by atoms with Gasteiger partial charge in [0.15, 0.2) is 0 Å². The Morgan fingerprint density at radius 2 is 2.00 bits per heavy atom. The van der Waals surface area contributed by atoms with E-state index in [-0.39, 0.29) is 5.91 Å². The minimum atomic E-state index is -0.478. The molecule has 0 bridgehead atoms. The van der Waals surface area contributed by atoms with Crippen LogP contribution in [0.1, 0.15) is 45.6 Å². The fourth-order valence-electron chi connectivity index (χ4n) is 3.03. The largest absolute Gasteiger partial charge is 0.365 e. The van der Waals surface area contributed by atoms with Gasteiger partial charge in [0.25, 0.3) is 5.91 Å². The summed E-state index contributed by atoms with van der Waals surface area (Å²) in [5.74, 6) is -0.771. The molecular formula is C19H19ClN2O2S. The molecule has 1 aliphatic rings. The summed E-state index contributed by atoms with van der Waals surface area (Å²) in [4.78, 5) is 25.3. The molecule has 0 unspecified atom stereocenters. The van der Waals surface area contributed by atoms with E-state index in [0.29, 0.717) is 15.6 Å². The van der Waals surface area contributed by atoms with Crippen molar-refractivity contribution in [2.75, 3.05) is 5.32 Å². The number of halogens is 1. The Kier molecular flexibility index (Phi) is 5.56. The summed E-state index contributed by atoms with van der Waals surface area (Å²) in [6.07, 6.45) is 8.21. The number of amides is 2. The zero-order valence-electron chi connectivity index (χ0n) is 13.7. The van der Waals surface area contributed by atoms with Crippen molar-refractivity contribution in [1.82, 2.24) is 0 Å². The summed E-state index contributed by atoms with van der Waals surface area (Å²) in [5.41, 5.74) is 7.90. The van der Waals surface area contributed by atoms with Gasteiger partial charge in [-0.05, 0) is 55.0 Å². The number of carbonyl (C=O) groups excluding carboxylic acids is 2. The van der Waals surface area contributed by atoms with Gasteiger partial charge in [0, 0.05) is 16.0 Å². The average molecular weight is 375 g/mol. The molecule has 1 heterocycles. The molecule has 1 aliphatic carbocycles. The number of rotatable bonds is 4. The highest BCUT2D eigenvalue weighted by molar-refractivity contribution is 7.17. The van der Waals surface area contributed by atoms with Gasteiger partial charge in [-0.2, -0.15) is 0 Å². The van der Waals surface area contributed by atoms with Crippen LogP contribution in [0.25, 0.3) is 6.08 Å². The lowest BCUT2D eigenvalue weighted by Crippen LogP contribution is -2.16. The second-order valence-electron chi connectivity index (χ2n) is 6.01. The number of aryl methyl sites for hydroxylation is 1. The quantitative estimate of drug-likeness (QED) is 0.614. The van der Waals surface area contributed by atoms with Crippen LogP contribution in [0, 0.1) is 0 Å². The number of nitrogens with one attached hydrogen (secondary N) is 1. The van der Waals surface area contributed by atoms with Crippen LogP contribution in [0.2, 0.25) is 5.02 Å². The van der Waals surface area contributed by atoms with Crippen LogP contribution >= 0.6 is 22.9 Å². The van der Waals surface area contributed by atoms with Crippen molar-refractivity contribution in [3.63, 3.8) is 0 Å². The zero-order chi connectivity index (χ0) is 17.8. The zero-order valence-corrected chi connectivity index (χ0v) is 15.3. The first-order valence-electron chi connectivity index (χ1n) is 8.23. The fourth-order valence-corrected chi connectivity index (χ4v) is 4.52. The van der Waals surface area contributed by atoms with Gasteiger partial charge in [-0.25, -0.2) is 0 Å². The third-order valence-electron chi connectivity index (χ3n) is 4.18. The number of nitrogens with two attached hydrogens (primary N) is 1. The summed E-state index contributed by atoms with van der Waals surface area (Å²) in [6, 6.07) is 7.23. The number of anilines is 1. The number of hydrogen-bond acceptors (Lipinski definition) is 3. The molecule has 1 aromatic heterocycles. The third kappa shape index (κ3) is 4.30. The van der Waals surface area contributed by atoms with E-state index in [1.165, 1.54) is 22.3 Å². The maximum Gasteiger partial charge on any atom is 0.251 e. The van der Waals surface area contributed by atoms with Gasteiger partial charge in [0.2, 0.25) is 5.91 Å². The van der Waals surface area contributed by atoms with Crippen LogP contribution in [-0.2, 0) is 17.6 Å². The van der Waals surface area contributed by atoms with E-state index in [1.54, 1.807) is 18.2 Å². The Morgan fingerprint density at radius 1 is 1.20 bits per heavy atom. The number of benzene rings is 1. The maximum atomic E-state index is 12.2. The minimum absolute atomic E-state index is 0.293. The molecule has 0 radical (unpaired) electrons. The second-order valence-corrected chi connectivity index (χ2v) is 7.55. The summed E-state index contributed by atoms with van der Waals surface area (Å²) in [6.45, 7) is 0. The first-order valence-corrected chi connectivity index (χ1v) is 9.43. The van der Waals surface area contributed by atoms with Crippen LogP contribution in [-0.4, -0.2) is 11.8 Å². The molecule has 25 heavy (non-hydrogen) atoms. The van der Waals surface area contributed by atoms with Crippen molar-refractivity contribution in [3.8, 4) is 0 Å². The van der Waals surface area contributed by atoms with Crippen molar-refractivity contribution in [1.29, 1.82) is 0 Å². The summed E-state index contributed by atoms with van der Waals surface area (Å²) in [5, 5.41) is 3.98. The van der Waals surface area contributed by atoms with Crippen LogP contribution in [0.4, 0.5) is 5.00 Å². The molecule has 0 saturated carbocycles. The summed E-state index contributed by atoms with van der Waals surface area (Å²) >= 11 is 7.40. The highest BCUT2D eigenvalue weighted by Gasteiger charge is 2.23. The van der Waals surface area contributed by atoms with Crippen molar-refractivity contribution >= 4 is 45.8 Å². The van der Waals surface area contributed by atoms with E-state index < -0.39 is 5.91 Å². The van der Waals surface area contributed by atoms with E-state index in [9.17, 15) is 9.59 Å². The molecule has 1 aromatic carbocycles. The van der Waals surface area contributed by atoms with Crippen LogP contribution in [0.3, 0.4) is 0 Å². The topological polar surface area (TPSA) is 72.2 Å². The smallest absolute Gasteiger partial charge is 0.251 e. The number of carbonyl (C=O) groups is 2. The summed E-state index contributed by atoms with van der Waals surface area (Å²) in [7, 11) is 0. The minimum Gasteiger partial charge on any atom is -0.365 e. The first kappa shape index (κ1) is 17.7. The summed E-state index contributed by atoms with van der Waals surface area (Å²) < 4.78 is 0. The van der Waals surface area contributed by atoms with Gasteiger partial charge in [0.1, 0.15) is 5.00 Å². The highest BCUT2D eigenvalue weighted by atomic mass is 35.5. The average Bonchev–Trinajstić information content (AvgIpc) is 2.74. The van der Waals surface area contributed by atoms with Crippen molar-refractivity contribution in [2.45, 2.75) is 32.1 Å². The van der Waals surface area contributed by atoms with Crippen LogP contribution in [0.5, 0.6) is 0 Å². The molecule has 130 valence electrons. The number of hydrogen-bond donors (Lipinski definition) is 2. The van der Waals surface area contributed by atoms with Gasteiger partial charge >= 0.3 is 0 Å². The molecule has 3 N–H and O–H groups in total.